The van der Waals surface area contributed by atoms with Crippen molar-refractivity contribution in [2.24, 2.45) is 0 Å². The highest BCUT2D eigenvalue weighted by Crippen LogP contribution is 2.18. The average molecular weight is 393 g/mol. The average Bonchev–Trinajstić information content (AvgIpc) is 3.25. The minimum absolute atomic E-state index is 0.0236. The molecule has 6 nitrogen and oxygen atoms in total. The summed E-state index contributed by atoms with van der Waals surface area (Å²) in [5.41, 5.74) is 1.92. The summed E-state index contributed by atoms with van der Waals surface area (Å²) >= 11 is 0. The van der Waals surface area contributed by atoms with Gasteiger partial charge in [0.05, 0.1) is 0 Å². The van der Waals surface area contributed by atoms with Crippen LogP contribution in [0.3, 0.4) is 0 Å². The Labute approximate surface area is 171 Å². The predicted octanol–water partition coefficient (Wildman–Crippen LogP) is 2.89. The molecule has 1 aliphatic rings. The first-order valence-electron chi connectivity index (χ1n) is 10.1. The molecule has 1 aromatic heterocycles. The van der Waals surface area contributed by atoms with Crippen LogP contribution in [0.2, 0.25) is 0 Å². The number of benzene rings is 1. The summed E-state index contributed by atoms with van der Waals surface area (Å²) in [5, 5.41) is 5.87. The molecular weight excluding hydrogens is 366 g/mol. The first kappa shape index (κ1) is 20.6. The molecule has 1 saturated carbocycles. The smallest absolute Gasteiger partial charge is 0.258 e. The van der Waals surface area contributed by atoms with Gasteiger partial charge in [-0.15, -0.1) is 0 Å². The molecule has 6 heteroatoms. The standard InChI is InChI=1S/C23H27N3O3/c27-22(11-10-19-6-4-13-24-16-19)25-14-12-18-5-3-9-21(15-18)29-17-23(28)26-20-7-1-2-8-20/h3-6,9-11,13,15-16,20H,1-2,7-8,12,14,17H2,(H,25,27)(H,26,28). The van der Waals surface area contributed by atoms with Crippen LogP contribution in [0.15, 0.2) is 54.9 Å². The lowest BCUT2D eigenvalue weighted by Gasteiger charge is -2.13. The summed E-state index contributed by atoms with van der Waals surface area (Å²) in [7, 11) is 0. The lowest BCUT2D eigenvalue weighted by Crippen LogP contribution is -2.36. The van der Waals surface area contributed by atoms with Gasteiger partial charge in [-0.05, 0) is 54.7 Å². The molecule has 1 heterocycles. The van der Waals surface area contributed by atoms with E-state index in [2.05, 4.69) is 15.6 Å². The molecule has 0 saturated heterocycles. The van der Waals surface area contributed by atoms with Crippen molar-refractivity contribution in [2.45, 2.75) is 38.1 Å². The Morgan fingerprint density at radius 1 is 1.17 bits per heavy atom. The topological polar surface area (TPSA) is 80.3 Å². The van der Waals surface area contributed by atoms with E-state index < -0.39 is 0 Å². The molecule has 0 radical (unpaired) electrons. The number of amides is 2. The van der Waals surface area contributed by atoms with Gasteiger partial charge in [0, 0.05) is 31.1 Å². The number of carbonyl (C=O) groups excluding carboxylic acids is 2. The van der Waals surface area contributed by atoms with Crippen LogP contribution in [-0.2, 0) is 16.0 Å². The van der Waals surface area contributed by atoms with Crippen LogP contribution in [-0.4, -0.2) is 36.0 Å². The zero-order chi connectivity index (χ0) is 20.3. The van der Waals surface area contributed by atoms with Crippen molar-refractivity contribution in [1.29, 1.82) is 0 Å². The van der Waals surface area contributed by atoms with E-state index in [1.807, 2.05) is 36.4 Å². The highest BCUT2D eigenvalue weighted by Gasteiger charge is 2.17. The molecule has 1 aromatic carbocycles. The molecule has 29 heavy (non-hydrogen) atoms. The number of aromatic nitrogens is 1. The maximum absolute atomic E-state index is 12.0. The summed E-state index contributed by atoms with van der Waals surface area (Å²) in [6.07, 6.45) is 11.8. The molecule has 3 rings (SSSR count). The summed E-state index contributed by atoms with van der Waals surface area (Å²) in [5.74, 6) is 0.437. The Morgan fingerprint density at radius 3 is 2.83 bits per heavy atom. The number of hydrogen-bond acceptors (Lipinski definition) is 4. The van der Waals surface area contributed by atoms with E-state index >= 15 is 0 Å². The fourth-order valence-electron chi connectivity index (χ4n) is 3.31. The SMILES string of the molecule is O=C(C=Cc1cccnc1)NCCc1cccc(OCC(=O)NC2CCCC2)c1. The molecule has 2 amide bonds. The number of nitrogens with one attached hydrogen (secondary N) is 2. The third-order valence-corrected chi connectivity index (χ3v) is 4.81. The molecule has 0 atom stereocenters. The van der Waals surface area contributed by atoms with Crippen molar-refractivity contribution in [3.63, 3.8) is 0 Å². The second-order valence-electron chi connectivity index (χ2n) is 7.15. The van der Waals surface area contributed by atoms with Crippen molar-refractivity contribution in [3.05, 3.63) is 66.0 Å². The van der Waals surface area contributed by atoms with Crippen molar-refractivity contribution >= 4 is 17.9 Å². The van der Waals surface area contributed by atoms with E-state index in [9.17, 15) is 9.59 Å². The largest absolute Gasteiger partial charge is 0.484 e. The van der Waals surface area contributed by atoms with E-state index in [-0.39, 0.29) is 18.4 Å². The molecule has 0 aliphatic heterocycles. The van der Waals surface area contributed by atoms with Crippen LogP contribution < -0.4 is 15.4 Å². The second-order valence-corrected chi connectivity index (χ2v) is 7.15. The summed E-state index contributed by atoms with van der Waals surface area (Å²) < 4.78 is 5.62. The van der Waals surface area contributed by atoms with Gasteiger partial charge in [-0.1, -0.05) is 31.0 Å². The third-order valence-electron chi connectivity index (χ3n) is 4.81. The molecule has 152 valence electrons. The number of ether oxygens (including phenoxy) is 1. The van der Waals surface area contributed by atoms with Gasteiger partial charge >= 0.3 is 0 Å². The van der Waals surface area contributed by atoms with Crippen molar-refractivity contribution in [2.75, 3.05) is 13.2 Å². The van der Waals surface area contributed by atoms with Gasteiger partial charge in [-0.3, -0.25) is 14.6 Å². The molecule has 0 unspecified atom stereocenters. The molecular formula is C23H27N3O3. The lowest BCUT2D eigenvalue weighted by molar-refractivity contribution is -0.123. The maximum Gasteiger partial charge on any atom is 0.258 e. The number of hydrogen-bond donors (Lipinski definition) is 2. The quantitative estimate of drug-likeness (QED) is 0.642. The first-order chi connectivity index (χ1) is 14.2. The van der Waals surface area contributed by atoms with Crippen LogP contribution in [0, 0.1) is 0 Å². The van der Waals surface area contributed by atoms with Crippen LogP contribution in [0.1, 0.15) is 36.8 Å². The minimum atomic E-state index is -0.148. The number of carbonyl (C=O) groups is 2. The van der Waals surface area contributed by atoms with Gasteiger partial charge in [-0.2, -0.15) is 0 Å². The maximum atomic E-state index is 12.0. The van der Waals surface area contributed by atoms with E-state index in [1.54, 1.807) is 18.5 Å². The van der Waals surface area contributed by atoms with E-state index in [0.29, 0.717) is 24.8 Å². The molecule has 2 aromatic rings. The zero-order valence-corrected chi connectivity index (χ0v) is 16.5. The second kappa shape index (κ2) is 11.0. The normalized spacial score (nSPS) is 14.1. The fourth-order valence-corrected chi connectivity index (χ4v) is 3.31. The minimum Gasteiger partial charge on any atom is -0.484 e. The Balaban J connectivity index is 1.38. The third kappa shape index (κ3) is 7.41. The van der Waals surface area contributed by atoms with Gasteiger partial charge in [0.25, 0.3) is 5.91 Å². The first-order valence-corrected chi connectivity index (χ1v) is 10.1. The van der Waals surface area contributed by atoms with Crippen LogP contribution in [0.5, 0.6) is 5.75 Å². The summed E-state index contributed by atoms with van der Waals surface area (Å²) in [4.78, 5) is 27.9. The van der Waals surface area contributed by atoms with Gasteiger partial charge in [0.15, 0.2) is 6.61 Å². The Hall–Kier alpha value is -3.15. The van der Waals surface area contributed by atoms with E-state index in [1.165, 1.54) is 18.9 Å². The van der Waals surface area contributed by atoms with Crippen molar-refractivity contribution in [1.82, 2.24) is 15.6 Å². The van der Waals surface area contributed by atoms with Gasteiger partial charge in [-0.25, -0.2) is 0 Å². The summed E-state index contributed by atoms with van der Waals surface area (Å²) in [6, 6.07) is 11.6. The zero-order valence-electron chi connectivity index (χ0n) is 16.5. The Kier molecular flexibility index (Phi) is 7.81. The van der Waals surface area contributed by atoms with Gasteiger partial charge < -0.3 is 15.4 Å². The lowest BCUT2D eigenvalue weighted by atomic mass is 10.1. The van der Waals surface area contributed by atoms with E-state index in [4.69, 9.17) is 4.74 Å². The number of nitrogens with zero attached hydrogens (tertiary/aromatic N) is 1. The Morgan fingerprint density at radius 2 is 2.03 bits per heavy atom. The predicted molar refractivity (Wildman–Crippen MR) is 112 cm³/mol. The highest BCUT2D eigenvalue weighted by atomic mass is 16.5. The summed E-state index contributed by atoms with van der Waals surface area (Å²) in [6.45, 7) is 0.539. The van der Waals surface area contributed by atoms with Gasteiger partial charge in [0.1, 0.15) is 5.75 Å². The Bertz CT molecular complexity index is 830. The van der Waals surface area contributed by atoms with E-state index in [0.717, 1.165) is 24.0 Å². The van der Waals surface area contributed by atoms with Gasteiger partial charge in [0.2, 0.25) is 5.91 Å². The van der Waals surface area contributed by atoms with Crippen molar-refractivity contribution < 1.29 is 14.3 Å². The molecule has 0 spiro atoms. The molecule has 2 N–H and O–H groups in total. The molecule has 1 fully saturated rings. The van der Waals surface area contributed by atoms with Crippen molar-refractivity contribution in [3.8, 4) is 5.75 Å². The van der Waals surface area contributed by atoms with Crippen LogP contribution in [0.4, 0.5) is 0 Å². The highest BCUT2D eigenvalue weighted by molar-refractivity contribution is 5.91. The monoisotopic (exact) mass is 393 g/mol. The number of pyridine rings is 1. The fraction of sp³-hybridized carbons (Fsp3) is 0.348. The number of rotatable bonds is 9. The van der Waals surface area contributed by atoms with Crippen LogP contribution in [0.25, 0.3) is 6.08 Å². The molecule has 1 aliphatic carbocycles. The molecule has 0 bridgehead atoms. The van der Waals surface area contributed by atoms with Crippen LogP contribution >= 0.6 is 0 Å².